The van der Waals surface area contributed by atoms with Crippen molar-refractivity contribution in [3.63, 3.8) is 0 Å². The minimum absolute atomic E-state index is 0.0800. The zero-order valence-corrected chi connectivity index (χ0v) is 16.6. The molecule has 0 aliphatic heterocycles. The summed E-state index contributed by atoms with van der Waals surface area (Å²) in [5, 5.41) is 0.357. The van der Waals surface area contributed by atoms with E-state index in [1.54, 1.807) is 12.1 Å². The van der Waals surface area contributed by atoms with Crippen LogP contribution in [0, 0.1) is 11.6 Å². The van der Waals surface area contributed by atoms with E-state index < -0.39 is 11.6 Å². The van der Waals surface area contributed by atoms with E-state index in [1.165, 1.54) is 22.3 Å². The van der Waals surface area contributed by atoms with Crippen LogP contribution in [0.4, 0.5) is 13.9 Å². The van der Waals surface area contributed by atoms with E-state index in [1.807, 2.05) is 19.0 Å². The molecule has 0 fully saturated rings. The maximum atomic E-state index is 14.0. The van der Waals surface area contributed by atoms with E-state index >= 15 is 0 Å². The van der Waals surface area contributed by atoms with Gasteiger partial charge in [-0.2, -0.15) is 0 Å². The Bertz CT molecular complexity index is 925. The number of carbonyl (C=O) groups is 1. The van der Waals surface area contributed by atoms with Gasteiger partial charge in [-0.25, -0.2) is 13.8 Å². The maximum absolute atomic E-state index is 14.0. The lowest BCUT2D eigenvalue weighted by Gasteiger charge is -2.21. The van der Waals surface area contributed by atoms with E-state index in [-0.39, 0.29) is 11.4 Å². The molecule has 3 aromatic rings. The van der Waals surface area contributed by atoms with Crippen LogP contribution in [0.1, 0.15) is 9.67 Å². The molecule has 0 bridgehead atoms. The van der Waals surface area contributed by atoms with E-state index in [4.69, 9.17) is 0 Å². The molecule has 0 aliphatic rings. The van der Waals surface area contributed by atoms with Crippen LogP contribution in [0.2, 0.25) is 0 Å². The molecule has 0 saturated heterocycles. The number of rotatable bonds is 5. The molecule has 1 aromatic carbocycles. The quantitative estimate of drug-likeness (QED) is 0.575. The Morgan fingerprint density at radius 2 is 1.96 bits per heavy atom. The van der Waals surface area contributed by atoms with Gasteiger partial charge >= 0.3 is 0 Å². The zero-order chi connectivity index (χ0) is 18.1. The van der Waals surface area contributed by atoms with Crippen molar-refractivity contribution in [2.24, 2.45) is 0 Å². The van der Waals surface area contributed by atoms with Gasteiger partial charge in [0.2, 0.25) is 0 Å². The van der Waals surface area contributed by atoms with E-state index in [0.29, 0.717) is 27.8 Å². The molecule has 2 heterocycles. The first kappa shape index (κ1) is 18.4. The Labute approximate surface area is 159 Å². The van der Waals surface area contributed by atoms with Crippen molar-refractivity contribution in [1.29, 1.82) is 0 Å². The van der Waals surface area contributed by atoms with Crippen LogP contribution in [0.5, 0.6) is 0 Å². The number of hydrogen-bond acceptors (Lipinski definition) is 5. The van der Waals surface area contributed by atoms with Crippen molar-refractivity contribution in [2.45, 2.75) is 0 Å². The molecule has 2 aromatic heterocycles. The highest BCUT2D eigenvalue weighted by Gasteiger charge is 2.23. The summed E-state index contributed by atoms with van der Waals surface area (Å²) in [7, 11) is 3.80. The van der Waals surface area contributed by atoms with Crippen molar-refractivity contribution in [3.05, 3.63) is 44.6 Å². The summed E-state index contributed by atoms with van der Waals surface area (Å²) >= 11 is 5.77. The van der Waals surface area contributed by atoms with Gasteiger partial charge in [-0.1, -0.05) is 11.3 Å². The van der Waals surface area contributed by atoms with E-state index in [9.17, 15) is 13.6 Å². The Morgan fingerprint density at radius 3 is 2.60 bits per heavy atom. The lowest BCUT2D eigenvalue weighted by molar-refractivity contribution is 0.0989. The summed E-state index contributed by atoms with van der Waals surface area (Å²) in [6.07, 6.45) is 0. The number of nitrogens with zero attached hydrogens (tertiary/aromatic N) is 3. The van der Waals surface area contributed by atoms with Gasteiger partial charge in [0, 0.05) is 19.2 Å². The van der Waals surface area contributed by atoms with E-state index in [0.717, 1.165) is 21.2 Å². The SMILES string of the molecule is CN(C)CCN(C(=O)c1ccc(Br)s1)c1nc2c(F)cc(F)cc2s1. The minimum atomic E-state index is -0.726. The van der Waals surface area contributed by atoms with Crippen LogP contribution >= 0.6 is 38.6 Å². The van der Waals surface area contributed by atoms with Crippen molar-refractivity contribution in [1.82, 2.24) is 9.88 Å². The number of amides is 1. The fourth-order valence-electron chi connectivity index (χ4n) is 2.21. The number of thiophene rings is 1. The average Bonchev–Trinajstić information content (AvgIpc) is 3.13. The number of aromatic nitrogens is 1. The van der Waals surface area contributed by atoms with Crippen LogP contribution < -0.4 is 4.90 Å². The smallest absolute Gasteiger partial charge is 0.270 e. The van der Waals surface area contributed by atoms with Gasteiger partial charge in [-0.05, 0) is 48.2 Å². The Balaban J connectivity index is 2.01. The van der Waals surface area contributed by atoms with Gasteiger partial charge in [0.15, 0.2) is 10.9 Å². The Kier molecular flexibility index (Phi) is 5.47. The number of likely N-dealkylation sites (N-methyl/N-ethyl adjacent to an activating group) is 1. The van der Waals surface area contributed by atoms with Crippen LogP contribution in [0.3, 0.4) is 0 Å². The largest absolute Gasteiger partial charge is 0.308 e. The first-order valence-corrected chi connectivity index (χ1v) is 9.75. The third kappa shape index (κ3) is 4.05. The fourth-order valence-corrected chi connectivity index (χ4v) is 4.57. The second-order valence-electron chi connectivity index (χ2n) is 5.59. The molecule has 25 heavy (non-hydrogen) atoms. The topological polar surface area (TPSA) is 36.4 Å². The predicted molar refractivity (Wildman–Crippen MR) is 102 cm³/mol. The molecule has 0 atom stereocenters. The molecule has 0 saturated carbocycles. The average molecular weight is 446 g/mol. The van der Waals surface area contributed by atoms with Gasteiger partial charge in [-0.15, -0.1) is 11.3 Å². The van der Waals surface area contributed by atoms with Crippen LogP contribution in [0.25, 0.3) is 10.2 Å². The summed E-state index contributed by atoms with van der Waals surface area (Å²) < 4.78 is 28.6. The molecule has 4 nitrogen and oxygen atoms in total. The highest BCUT2D eigenvalue weighted by Crippen LogP contribution is 2.33. The Hall–Kier alpha value is -1.42. The van der Waals surface area contributed by atoms with Crippen molar-refractivity contribution >= 4 is 59.9 Å². The molecule has 0 aliphatic carbocycles. The number of thiazole rings is 1. The highest BCUT2D eigenvalue weighted by atomic mass is 79.9. The molecular weight excluding hydrogens is 432 g/mol. The first-order valence-electron chi connectivity index (χ1n) is 7.32. The lowest BCUT2D eigenvalue weighted by Crippen LogP contribution is -2.36. The fraction of sp³-hybridized carbons (Fsp3) is 0.250. The highest BCUT2D eigenvalue weighted by molar-refractivity contribution is 9.11. The van der Waals surface area contributed by atoms with Gasteiger partial charge in [0.05, 0.1) is 13.4 Å². The molecule has 132 valence electrons. The summed E-state index contributed by atoms with van der Waals surface area (Å²) in [6.45, 7) is 1.01. The molecule has 0 N–H and O–H groups in total. The third-order valence-corrected chi connectivity index (χ3v) is 6.07. The van der Waals surface area contributed by atoms with Crippen molar-refractivity contribution in [3.8, 4) is 0 Å². The van der Waals surface area contributed by atoms with Crippen molar-refractivity contribution < 1.29 is 13.6 Å². The summed E-state index contributed by atoms with van der Waals surface area (Å²) in [5.74, 6) is -1.59. The van der Waals surface area contributed by atoms with Crippen LogP contribution in [0.15, 0.2) is 28.1 Å². The second-order valence-corrected chi connectivity index (χ2v) is 9.07. The van der Waals surface area contributed by atoms with Crippen molar-refractivity contribution in [2.75, 3.05) is 32.1 Å². The molecular formula is C16H14BrF2N3OS2. The summed E-state index contributed by atoms with van der Waals surface area (Å²) in [5.41, 5.74) is 0.0800. The minimum Gasteiger partial charge on any atom is -0.308 e. The zero-order valence-electron chi connectivity index (χ0n) is 13.4. The number of carbonyl (C=O) groups excluding carboxylic acids is 1. The third-order valence-electron chi connectivity index (χ3n) is 3.43. The first-order chi connectivity index (χ1) is 11.8. The molecule has 0 radical (unpaired) electrons. The predicted octanol–water partition coefficient (Wildman–Crippen LogP) is 4.61. The lowest BCUT2D eigenvalue weighted by atomic mass is 10.3. The van der Waals surface area contributed by atoms with Crippen LogP contribution in [-0.4, -0.2) is 43.0 Å². The molecule has 0 unspecified atom stereocenters. The standard InChI is InChI=1S/C16H14BrF2N3OS2/c1-21(2)5-6-22(15(23)11-3-4-13(17)24-11)16-20-14-10(19)7-9(18)8-12(14)25-16/h3-4,7-8H,5-6H2,1-2H3. The number of benzene rings is 1. The molecule has 9 heteroatoms. The van der Waals surface area contributed by atoms with Gasteiger partial charge in [-0.3, -0.25) is 9.69 Å². The van der Waals surface area contributed by atoms with Gasteiger partial charge in [0.1, 0.15) is 11.3 Å². The Morgan fingerprint density at radius 1 is 1.20 bits per heavy atom. The number of hydrogen-bond donors (Lipinski definition) is 0. The molecule has 1 amide bonds. The normalized spacial score (nSPS) is 11.4. The summed E-state index contributed by atoms with van der Waals surface area (Å²) in [6, 6.07) is 5.56. The molecule has 0 spiro atoms. The van der Waals surface area contributed by atoms with Gasteiger partial charge in [0.25, 0.3) is 5.91 Å². The number of anilines is 1. The monoisotopic (exact) mass is 445 g/mol. The van der Waals surface area contributed by atoms with Gasteiger partial charge < -0.3 is 4.90 Å². The molecule has 3 rings (SSSR count). The number of fused-ring (bicyclic) bond motifs is 1. The van der Waals surface area contributed by atoms with E-state index in [2.05, 4.69) is 20.9 Å². The summed E-state index contributed by atoms with van der Waals surface area (Å²) in [4.78, 5) is 21.1. The maximum Gasteiger partial charge on any atom is 0.270 e. The van der Waals surface area contributed by atoms with Crippen LogP contribution in [-0.2, 0) is 0 Å². The number of halogens is 3. The second kappa shape index (κ2) is 7.45.